The molecule has 0 atom stereocenters. The Bertz CT molecular complexity index is 874. The molecule has 0 saturated carbocycles. The highest BCUT2D eigenvalue weighted by atomic mass is 35.5. The van der Waals surface area contributed by atoms with Crippen molar-refractivity contribution in [2.24, 2.45) is 0 Å². The van der Waals surface area contributed by atoms with E-state index < -0.39 is 0 Å². The Morgan fingerprint density at radius 3 is 2.67 bits per heavy atom. The first kappa shape index (κ1) is 16.4. The molecule has 0 saturated heterocycles. The number of esters is 1. The molecule has 1 aromatic carbocycles. The minimum Gasteiger partial charge on any atom is -0.462 e. The first-order chi connectivity index (χ1) is 11.6. The molecule has 0 amide bonds. The first-order valence-corrected chi connectivity index (χ1v) is 8.19. The Morgan fingerprint density at radius 2 is 2.00 bits per heavy atom. The predicted octanol–water partition coefficient (Wildman–Crippen LogP) is 3.57. The second kappa shape index (κ2) is 6.97. The molecule has 24 heavy (non-hydrogen) atoms. The van der Waals surface area contributed by atoms with Gasteiger partial charge in [-0.15, -0.1) is 5.10 Å². The topological polar surface area (TPSA) is 69.4 Å². The summed E-state index contributed by atoms with van der Waals surface area (Å²) in [6, 6.07) is 7.27. The monoisotopic (exact) mass is 344 g/mol. The quantitative estimate of drug-likeness (QED) is 0.662. The van der Waals surface area contributed by atoms with Gasteiger partial charge in [-0.05, 0) is 37.6 Å². The Balaban J connectivity index is 2.12. The van der Waals surface area contributed by atoms with E-state index in [0.29, 0.717) is 35.2 Å². The summed E-state index contributed by atoms with van der Waals surface area (Å²) < 4.78 is 6.74. The summed E-state index contributed by atoms with van der Waals surface area (Å²) in [5, 5.41) is 5.18. The summed E-state index contributed by atoms with van der Waals surface area (Å²) in [7, 11) is 0. The van der Waals surface area contributed by atoms with Crippen LogP contribution in [0, 0.1) is 0 Å². The second-order valence-electron chi connectivity index (χ2n) is 5.24. The van der Waals surface area contributed by atoms with Crippen molar-refractivity contribution in [3.63, 3.8) is 0 Å². The standard InChI is InChI=1S/C17H17ClN4O2/c1-3-5-14-13(16(23)24-4-2)10-19-17-20-15(21-22(14)17)11-6-8-12(18)9-7-11/h6-10H,3-5H2,1-2H3. The molecule has 124 valence electrons. The van der Waals surface area contributed by atoms with Crippen molar-refractivity contribution >= 4 is 23.3 Å². The third kappa shape index (κ3) is 3.10. The van der Waals surface area contributed by atoms with E-state index in [9.17, 15) is 4.79 Å². The van der Waals surface area contributed by atoms with Crippen molar-refractivity contribution in [2.45, 2.75) is 26.7 Å². The van der Waals surface area contributed by atoms with Crippen LogP contribution in [-0.4, -0.2) is 32.2 Å². The van der Waals surface area contributed by atoms with E-state index in [1.54, 1.807) is 23.6 Å². The molecule has 0 aliphatic heterocycles. The zero-order chi connectivity index (χ0) is 17.1. The lowest BCUT2D eigenvalue weighted by molar-refractivity contribution is 0.0523. The van der Waals surface area contributed by atoms with Crippen LogP contribution < -0.4 is 0 Å². The zero-order valence-electron chi connectivity index (χ0n) is 13.5. The lowest BCUT2D eigenvalue weighted by Gasteiger charge is -2.08. The molecule has 0 aliphatic rings. The van der Waals surface area contributed by atoms with Gasteiger partial charge in [-0.1, -0.05) is 24.9 Å². The Hall–Kier alpha value is -2.47. The van der Waals surface area contributed by atoms with Gasteiger partial charge in [0.1, 0.15) is 0 Å². The van der Waals surface area contributed by atoms with Crippen LogP contribution in [0.25, 0.3) is 17.2 Å². The number of halogens is 1. The van der Waals surface area contributed by atoms with Gasteiger partial charge in [0.25, 0.3) is 5.78 Å². The minimum atomic E-state index is -0.390. The van der Waals surface area contributed by atoms with Gasteiger partial charge in [-0.2, -0.15) is 9.50 Å². The average Bonchev–Trinajstić information content (AvgIpc) is 3.00. The van der Waals surface area contributed by atoms with Crippen LogP contribution in [0.3, 0.4) is 0 Å². The molecule has 3 aromatic rings. The predicted molar refractivity (Wildman–Crippen MR) is 91.2 cm³/mol. The molecule has 0 unspecified atom stereocenters. The summed E-state index contributed by atoms with van der Waals surface area (Å²) in [5.41, 5.74) is 2.03. The van der Waals surface area contributed by atoms with Crippen LogP contribution in [-0.2, 0) is 11.2 Å². The van der Waals surface area contributed by atoms with Gasteiger partial charge in [-0.3, -0.25) is 0 Å². The maximum atomic E-state index is 12.2. The molecule has 2 aromatic heterocycles. The third-order valence-corrected chi connectivity index (χ3v) is 3.80. The van der Waals surface area contributed by atoms with Crippen LogP contribution in [0.5, 0.6) is 0 Å². The molecular formula is C17H17ClN4O2. The zero-order valence-corrected chi connectivity index (χ0v) is 14.2. The van der Waals surface area contributed by atoms with E-state index in [1.807, 2.05) is 19.1 Å². The summed E-state index contributed by atoms with van der Waals surface area (Å²) in [6.45, 7) is 4.13. The maximum absolute atomic E-state index is 12.2. The molecule has 0 bridgehead atoms. The number of aromatic nitrogens is 4. The number of aryl methyl sites for hydroxylation is 1. The summed E-state index contributed by atoms with van der Waals surface area (Å²) in [6.07, 6.45) is 3.05. The number of hydrogen-bond donors (Lipinski definition) is 0. The van der Waals surface area contributed by atoms with Gasteiger partial charge in [0.05, 0.1) is 17.9 Å². The van der Waals surface area contributed by atoms with Crippen molar-refractivity contribution < 1.29 is 9.53 Å². The highest BCUT2D eigenvalue weighted by Gasteiger charge is 2.19. The number of carbonyl (C=O) groups excluding carboxylic acids is 1. The smallest absolute Gasteiger partial charge is 0.341 e. The van der Waals surface area contributed by atoms with Crippen LogP contribution in [0.1, 0.15) is 36.3 Å². The Morgan fingerprint density at radius 1 is 1.25 bits per heavy atom. The van der Waals surface area contributed by atoms with E-state index in [4.69, 9.17) is 16.3 Å². The van der Waals surface area contributed by atoms with Gasteiger partial charge in [-0.25, -0.2) is 9.78 Å². The van der Waals surface area contributed by atoms with E-state index in [-0.39, 0.29) is 5.97 Å². The van der Waals surface area contributed by atoms with Gasteiger partial charge in [0.15, 0.2) is 5.82 Å². The lowest BCUT2D eigenvalue weighted by atomic mass is 10.1. The summed E-state index contributed by atoms with van der Waals surface area (Å²) >= 11 is 5.92. The maximum Gasteiger partial charge on any atom is 0.341 e. The van der Waals surface area contributed by atoms with Gasteiger partial charge >= 0.3 is 5.97 Å². The molecule has 0 spiro atoms. The normalized spacial score (nSPS) is 11.0. The number of benzene rings is 1. The number of hydrogen-bond acceptors (Lipinski definition) is 5. The number of ether oxygens (including phenoxy) is 1. The highest BCUT2D eigenvalue weighted by Crippen LogP contribution is 2.20. The fourth-order valence-electron chi connectivity index (χ4n) is 2.46. The van der Waals surface area contributed by atoms with Crippen LogP contribution >= 0.6 is 11.6 Å². The van der Waals surface area contributed by atoms with Crippen molar-refractivity contribution in [3.05, 3.63) is 46.7 Å². The van der Waals surface area contributed by atoms with Gasteiger partial charge in [0.2, 0.25) is 0 Å². The largest absolute Gasteiger partial charge is 0.462 e. The summed E-state index contributed by atoms with van der Waals surface area (Å²) in [5.74, 6) is 0.605. The van der Waals surface area contributed by atoms with Crippen LogP contribution in [0.15, 0.2) is 30.5 Å². The van der Waals surface area contributed by atoms with E-state index in [2.05, 4.69) is 15.1 Å². The van der Waals surface area contributed by atoms with E-state index >= 15 is 0 Å². The fraction of sp³-hybridized carbons (Fsp3) is 0.294. The molecule has 0 aliphatic carbocycles. The molecule has 3 rings (SSSR count). The number of rotatable bonds is 5. The number of nitrogens with zero attached hydrogens (tertiary/aromatic N) is 4. The second-order valence-corrected chi connectivity index (χ2v) is 5.68. The minimum absolute atomic E-state index is 0.315. The molecule has 7 heteroatoms. The molecule has 0 radical (unpaired) electrons. The average molecular weight is 345 g/mol. The van der Waals surface area contributed by atoms with Crippen molar-refractivity contribution in [1.29, 1.82) is 0 Å². The Kier molecular flexibility index (Phi) is 4.76. The van der Waals surface area contributed by atoms with Crippen molar-refractivity contribution in [3.8, 4) is 11.4 Å². The number of fused-ring (bicyclic) bond motifs is 1. The van der Waals surface area contributed by atoms with Crippen molar-refractivity contribution in [1.82, 2.24) is 19.6 Å². The van der Waals surface area contributed by atoms with E-state index in [1.165, 1.54) is 6.20 Å². The molecule has 2 heterocycles. The molecule has 6 nitrogen and oxygen atoms in total. The van der Waals surface area contributed by atoms with E-state index in [0.717, 1.165) is 17.7 Å². The summed E-state index contributed by atoms with van der Waals surface area (Å²) in [4.78, 5) is 20.9. The SMILES string of the molecule is CCCc1c(C(=O)OCC)cnc2nc(-c3ccc(Cl)cc3)nn12. The van der Waals surface area contributed by atoms with Gasteiger partial charge < -0.3 is 4.74 Å². The van der Waals surface area contributed by atoms with Crippen LogP contribution in [0.4, 0.5) is 0 Å². The lowest BCUT2D eigenvalue weighted by Crippen LogP contribution is -2.13. The molecule has 0 fully saturated rings. The van der Waals surface area contributed by atoms with Crippen molar-refractivity contribution in [2.75, 3.05) is 6.61 Å². The fourth-order valence-corrected chi connectivity index (χ4v) is 2.58. The Labute approximate surface area is 144 Å². The van der Waals surface area contributed by atoms with Crippen LogP contribution in [0.2, 0.25) is 5.02 Å². The number of carbonyl (C=O) groups is 1. The van der Waals surface area contributed by atoms with Gasteiger partial charge in [0, 0.05) is 16.8 Å². The first-order valence-electron chi connectivity index (χ1n) is 7.81. The third-order valence-electron chi connectivity index (χ3n) is 3.55. The molecular weight excluding hydrogens is 328 g/mol. The highest BCUT2D eigenvalue weighted by molar-refractivity contribution is 6.30. The molecule has 0 N–H and O–H groups in total.